The zero-order valence-corrected chi connectivity index (χ0v) is 12.8. The summed E-state index contributed by atoms with van der Waals surface area (Å²) in [7, 11) is 0. The van der Waals surface area contributed by atoms with Crippen LogP contribution in [-0.4, -0.2) is 41.1 Å². The lowest BCUT2D eigenvalue weighted by atomic mass is 9.44. The van der Waals surface area contributed by atoms with Gasteiger partial charge < -0.3 is 30.0 Å². The molecule has 1 aliphatic heterocycles. The molecule has 8 nitrogen and oxygen atoms in total. The number of hydrogen-bond acceptors (Lipinski definition) is 5. The van der Waals surface area contributed by atoms with Gasteiger partial charge in [0.15, 0.2) is 18.1 Å². The summed E-state index contributed by atoms with van der Waals surface area (Å²) < 4.78 is 39.7. The zero-order valence-electron chi connectivity index (χ0n) is 12.8. The fourth-order valence-electron chi connectivity index (χ4n) is 3.78. The molecule has 3 aliphatic carbocycles. The van der Waals surface area contributed by atoms with Gasteiger partial charge in [-0.15, -0.1) is 8.78 Å². The van der Waals surface area contributed by atoms with Crippen molar-refractivity contribution in [1.82, 2.24) is 10.6 Å². The van der Waals surface area contributed by atoms with E-state index in [-0.39, 0.29) is 35.3 Å². The average Bonchev–Trinajstić information content (AvgIpc) is 2.74. The van der Waals surface area contributed by atoms with Crippen LogP contribution in [0.15, 0.2) is 18.2 Å². The molecule has 134 valence electrons. The number of rotatable bonds is 5. The minimum absolute atomic E-state index is 0.105. The smallest absolute Gasteiger partial charge is 0.484 e. The van der Waals surface area contributed by atoms with E-state index in [4.69, 9.17) is 9.84 Å². The van der Waals surface area contributed by atoms with Crippen molar-refractivity contribution in [3.05, 3.63) is 18.2 Å². The van der Waals surface area contributed by atoms with Gasteiger partial charge in [-0.1, -0.05) is 0 Å². The normalized spacial score (nSPS) is 29.8. The Kier molecular flexibility index (Phi) is 3.06. The van der Waals surface area contributed by atoms with Crippen molar-refractivity contribution in [2.75, 3.05) is 6.61 Å². The number of amides is 2. The van der Waals surface area contributed by atoms with Gasteiger partial charge in [0.2, 0.25) is 0 Å². The Morgan fingerprint density at radius 2 is 1.76 bits per heavy atom. The maximum absolute atomic E-state index is 12.9. The van der Waals surface area contributed by atoms with E-state index >= 15 is 0 Å². The largest absolute Gasteiger partial charge is 0.586 e. The molecule has 0 unspecified atom stereocenters. The molecule has 1 heterocycles. The van der Waals surface area contributed by atoms with Crippen LogP contribution in [0.4, 0.5) is 13.6 Å². The van der Waals surface area contributed by atoms with Gasteiger partial charge in [0, 0.05) is 11.6 Å². The second-order valence-electron chi connectivity index (χ2n) is 6.63. The summed E-state index contributed by atoms with van der Waals surface area (Å²) in [5.41, 5.74) is -0.789. The number of alkyl halides is 2. The Bertz CT molecular complexity index is 749. The van der Waals surface area contributed by atoms with Crippen molar-refractivity contribution in [2.45, 2.75) is 36.6 Å². The number of carbonyl (C=O) groups is 2. The van der Waals surface area contributed by atoms with Crippen LogP contribution in [0.3, 0.4) is 0 Å². The average molecular weight is 356 g/mol. The number of carboxylic acid groups (broad SMARTS) is 1. The Morgan fingerprint density at radius 1 is 1.12 bits per heavy atom. The van der Waals surface area contributed by atoms with E-state index in [2.05, 4.69) is 20.1 Å². The lowest BCUT2D eigenvalue weighted by Crippen LogP contribution is -2.83. The highest BCUT2D eigenvalue weighted by atomic mass is 19.3. The van der Waals surface area contributed by atoms with Crippen LogP contribution in [0.5, 0.6) is 17.2 Å². The van der Waals surface area contributed by atoms with Crippen molar-refractivity contribution in [3.8, 4) is 17.2 Å². The Labute approximate surface area is 140 Å². The summed E-state index contributed by atoms with van der Waals surface area (Å²) in [4.78, 5) is 22.6. The number of nitrogens with one attached hydrogen (secondary N) is 2. The highest BCUT2D eigenvalue weighted by Crippen LogP contribution is 2.60. The third-order valence-electron chi connectivity index (χ3n) is 4.55. The summed E-state index contributed by atoms with van der Waals surface area (Å²) in [5, 5.41) is 14.0. The third kappa shape index (κ3) is 2.77. The van der Waals surface area contributed by atoms with Crippen LogP contribution in [0.1, 0.15) is 19.3 Å². The van der Waals surface area contributed by atoms with E-state index in [1.165, 1.54) is 18.2 Å². The second-order valence-corrected chi connectivity index (χ2v) is 6.63. The van der Waals surface area contributed by atoms with Crippen molar-refractivity contribution < 1.29 is 37.7 Å². The van der Waals surface area contributed by atoms with Gasteiger partial charge in [0.25, 0.3) is 5.91 Å². The van der Waals surface area contributed by atoms with Crippen LogP contribution in [0.25, 0.3) is 0 Å². The summed E-state index contributed by atoms with van der Waals surface area (Å²) in [5.74, 6) is -0.445. The van der Waals surface area contributed by atoms with Crippen LogP contribution >= 0.6 is 0 Å². The Balaban J connectivity index is 1.26. The highest BCUT2D eigenvalue weighted by Gasteiger charge is 2.69. The number of ether oxygens (including phenoxy) is 3. The van der Waals surface area contributed by atoms with E-state index in [1.807, 2.05) is 0 Å². The van der Waals surface area contributed by atoms with Crippen LogP contribution in [0.2, 0.25) is 0 Å². The van der Waals surface area contributed by atoms with Crippen LogP contribution < -0.4 is 24.8 Å². The summed E-state index contributed by atoms with van der Waals surface area (Å²) in [6, 6.07) is 3.88. The van der Waals surface area contributed by atoms with Gasteiger partial charge in [-0.3, -0.25) is 4.79 Å². The lowest BCUT2D eigenvalue weighted by Gasteiger charge is -2.69. The molecule has 1 aromatic rings. The highest BCUT2D eigenvalue weighted by molar-refractivity contribution is 5.79. The van der Waals surface area contributed by atoms with E-state index in [1.54, 1.807) is 0 Å². The van der Waals surface area contributed by atoms with Gasteiger partial charge >= 0.3 is 12.4 Å². The molecule has 25 heavy (non-hydrogen) atoms. The molecular formula is C15H14F2N2O6. The molecule has 0 radical (unpaired) electrons. The molecule has 3 fully saturated rings. The van der Waals surface area contributed by atoms with Gasteiger partial charge in [0.1, 0.15) is 5.75 Å². The van der Waals surface area contributed by atoms with Crippen molar-refractivity contribution in [1.29, 1.82) is 0 Å². The molecular weight excluding hydrogens is 342 g/mol. The predicted molar refractivity (Wildman–Crippen MR) is 76.8 cm³/mol. The van der Waals surface area contributed by atoms with Crippen LogP contribution in [0, 0.1) is 0 Å². The number of hydrogen-bond donors (Lipinski definition) is 3. The molecule has 0 spiro atoms. The third-order valence-corrected chi connectivity index (χ3v) is 4.55. The standard InChI is InChI=1S/C15H14F2N2O6/c16-15(17)24-9-2-1-8(3-10(9)25-15)23-4-11(20)18-13-5-14(6-13,7-13)19-12(21)22/h1-3,19H,4-7H2,(H,18,20)(H,21,22). The first-order valence-corrected chi connectivity index (χ1v) is 7.53. The summed E-state index contributed by atoms with van der Waals surface area (Å²) >= 11 is 0. The predicted octanol–water partition coefficient (Wildman–Crippen LogP) is 1.45. The van der Waals surface area contributed by atoms with Gasteiger partial charge in [0.05, 0.1) is 5.54 Å². The van der Waals surface area contributed by atoms with Crippen LogP contribution in [-0.2, 0) is 4.79 Å². The quantitative estimate of drug-likeness (QED) is 0.737. The molecule has 0 aromatic heterocycles. The van der Waals surface area contributed by atoms with E-state index < -0.39 is 17.9 Å². The molecule has 1 aromatic carbocycles. The van der Waals surface area contributed by atoms with Gasteiger partial charge in [-0.2, -0.15) is 0 Å². The SMILES string of the molecule is O=C(O)NC12CC(NC(=O)COc3ccc4c(c3)OC(F)(F)O4)(C1)C2. The molecule has 10 heteroatoms. The van der Waals surface area contributed by atoms with E-state index in [0.29, 0.717) is 19.3 Å². The first-order chi connectivity index (χ1) is 11.7. The first-order valence-electron chi connectivity index (χ1n) is 7.53. The maximum Gasteiger partial charge on any atom is 0.586 e. The monoisotopic (exact) mass is 356 g/mol. The lowest BCUT2D eigenvalue weighted by molar-refractivity contribution is -0.286. The van der Waals surface area contributed by atoms with E-state index in [9.17, 15) is 18.4 Å². The molecule has 3 N–H and O–H groups in total. The van der Waals surface area contributed by atoms with Gasteiger partial charge in [-0.05, 0) is 31.4 Å². The molecule has 3 saturated carbocycles. The summed E-state index contributed by atoms with van der Waals surface area (Å²) in [6.45, 7) is -0.294. The topological polar surface area (TPSA) is 106 Å². The van der Waals surface area contributed by atoms with Crippen molar-refractivity contribution in [3.63, 3.8) is 0 Å². The maximum atomic E-state index is 12.9. The number of fused-ring (bicyclic) bond motifs is 1. The summed E-state index contributed by atoms with van der Waals surface area (Å²) in [6.07, 6.45) is -3.12. The molecule has 5 rings (SSSR count). The van der Waals surface area contributed by atoms with Crippen molar-refractivity contribution >= 4 is 12.0 Å². The Hall–Kier alpha value is -2.78. The number of carbonyl (C=O) groups excluding carboxylic acids is 1. The molecule has 0 saturated heterocycles. The number of halogens is 2. The molecule has 0 atom stereocenters. The minimum atomic E-state index is -3.71. The zero-order chi connectivity index (χ0) is 17.9. The van der Waals surface area contributed by atoms with Crippen molar-refractivity contribution in [2.24, 2.45) is 0 Å². The Morgan fingerprint density at radius 3 is 2.44 bits per heavy atom. The van der Waals surface area contributed by atoms with E-state index in [0.717, 1.165) is 0 Å². The molecule has 2 amide bonds. The van der Waals surface area contributed by atoms with Gasteiger partial charge in [-0.25, -0.2) is 4.79 Å². The minimum Gasteiger partial charge on any atom is -0.484 e. The number of benzene rings is 1. The first kappa shape index (κ1) is 15.7. The fourth-order valence-corrected chi connectivity index (χ4v) is 3.78. The molecule has 4 aliphatic rings. The molecule has 2 bridgehead atoms. The fraction of sp³-hybridized carbons (Fsp3) is 0.467. The second kappa shape index (κ2) is 4.87.